The van der Waals surface area contributed by atoms with Crippen LogP contribution >= 0.6 is 0 Å². The lowest BCUT2D eigenvalue weighted by molar-refractivity contribution is -0.0970. The van der Waals surface area contributed by atoms with Gasteiger partial charge in [0, 0.05) is 6.42 Å². The molecule has 1 unspecified atom stereocenters. The Morgan fingerprint density at radius 3 is 2.50 bits per heavy atom. The summed E-state index contributed by atoms with van der Waals surface area (Å²) in [5, 5.41) is 9.25. The van der Waals surface area contributed by atoms with Crippen molar-refractivity contribution in [1.82, 2.24) is 0 Å². The zero-order valence-electron chi connectivity index (χ0n) is 10.8. The summed E-state index contributed by atoms with van der Waals surface area (Å²) in [5.74, 6) is -0.0992. The van der Waals surface area contributed by atoms with Gasteiger partial charge in [-0.1, -0.05) is 12.1 Å². The van der Waals surface area contributed by atoms with E-state index in [-0.39, 0.29) is 6.42 Å². The number of halogens is 3. The van der Waals surface area contributed by atoms with Crippen molar-refractivity contribution in [2.45, 2.75) is 25.1 Å². The minimum atomic E-state index is -4.52. The maximum atomic E-state index is 12.7. The molecule has 1 aliphatic rings. The maximum absolute atomic E-state index is 12.7. The van der Waals surface area contributed by atoms with Crippen molar-refractivity contribution >= 4 is 6.21 Å². The number of aliphatic imine (C=N–C) groups is 1. The molecule has 3 nitrogen and oxygen atoms in total. The number of hydrogen-bond acceptors (Lipinski definition) is 3. The Morgan fingerprint density at radius 2 is 1.95 bits per heavy atom. The number of alkyl halides is 3. The molecule has 0 spiro atoms. The largest absolute Gasteiger partial charge is 0.506 e. The van der Waals surface area contributed by atoms with E-state index in [1.54, 1.807) is 31.4 Å². The zero-order chi connectivity index (χ0) is 14.8. The van der Waals surface area contributed by atoms with Gasteiger partial charge in [0.1, 0.15) is 11.5 Å². The van der Waals surface area contributed by atoms with E-state index in [4.69, 9.17) is 4.74 Å². The van der Waals surface area contributed by atoms with E-state index in [1.165, 1.54) is 0 Å². The summed E-state index contributed by atoms with van der Waals surface area (Å²) in [4.78, 5) is 3.95. The van der Waals surface area contributed by atoms with Crippen LogP contribution in [0.2, 0.25) is 0 Å². The zero-order valence-corrected chi connectivity index (χ0v) is 10.8. The van der Waals surface area contributed by atoms with Crippen molar-refractivity contribution in [3.8, 4) is 5.75 Å². The van der Waals surface area contributed by atoms with Crippen molar-refractivity contribution in [3.63, 3.8) is 0 Å². The molecule has 0 radical (unpaired) electrons. The predicted octanol–water partition coefficient (Wildman–Crippen LogP) is 3.46. The second-order valence-electron chi connectivity index (χ2n) is 4.55. The van der Waals surface area contributed by atoms with Crippen LogP contribution in [0.4, 0.5) is 13.2 Å². The average molecular weight is 285 g/mol. The van der Waals surface area contributed by atoms with Crippen molar-refractivity contribution < 1.29 is 23.0 Å². The van der Waals surface area contributed by atoms with Gasteiger partial charge in [0.05, 0.1) is 24.9 Å². The number of methoxy groups -OCH3 is 1. The normalized spacial score (nSPS) is 19.3. The molecule has 2 rings (SSSR count). The van der Waals surface area contributed by atoms with Gasteiger partial charge in [-0.2, -0.15) is 13.2 Å². The third-order valence-corrected chi connectivity index (χ3v) is 3.13. The Hall–Kier alpha value is -1.98. The first-order chi connectivity index (χ1) is 9.40. The van der Waals surface area contributed by atoms with Gasteiger partial charge in [-0.3, -0.25) is 4.99 Å². The monoisotopic (exact) mass is 285 g/mol. The summed E-state index contributed by atoms with van der Waals surface area (Å²) in [6.07, 6.45) is -3.56. The highest BCUT2D eigenvalue weighted by Gasteiger charge is 2.39. The second kappa shape index (κ2) is 5.56. The Labute approximate surface area is 114 Å². The molecule has 1 N–H and O–H groups in total. The van der Waals surface area contributed by atoms with Crippen LogP contribution < -0.4 is 4.74 Å². The molecule has 0 aromatic heterocycles. The van der Waals surface area contributed by atoms with Crippen LogP contribution in [-0.2, 0) is 6.42 Å². The van der Waals surface area contributed by atoms with Crippen molar-refractivity contribution in [2.75, 3.05) is 7.11 Å². The van der Waals surface area contributed by atoms with Crippen molar-refractivity contribution in [3.05, 3.63) is 41.2 Å². The molecule has 1 aromatic carbocycles. The lowest BCUT2D eigenvalue weighted by atomic mass is 9.96. The summed E-state index contributed by atoms with van der Waals surface area (Å²) in [6.45, 7) is 0. The number of aliphatic hydroxyl groups is 1. The van der Waals surface area contributed by atoms with Gasteiger partial charge in [-0.05, 0) is 24.1 Å². The number of allylic oxidation sites excluding steroid dienone is 1. The first-order valence-corrected chi connectivity index (χ1v) is 6.05. The number of ether oxygens (including phenoxy) is 1. The summed E-state index contributed by atoms with van der Waals surface area (Å²) in [6, 6.07) is 6.56. The first-order valence-electron chi connectivity index (χ1n) is 6.05. The van der Waals surface area contributed by atoms with E-state index in [1.807, 2.05) is 0 Å². The second-order valence-corrected chi connectivity index (χ2v) is 4.55. The van der Waals surface area contributed by atoms with Crippen molar-refractivity contribution in [1.29, 1.82) is 0 Å². The molecular weight excluding hydrogens is 271 g/mol. The Kier molecular flexibility index (Phi) is 4.01. The van der Waals surface area contributed by atoms with E-state index in [0.717, 1.165) is 11.8 Å². The summed E-state index contributed by atoms with van der Waals surface area (Å²) >= 11 is 0. The van der Waals surface area contributed by atoms with E-state index < -0.39 is 23.6 Å². The van der Waals surface area contributed by atoms with Gasteiger partial charge in [0.15, 0.2) is 0 Å². The van der Waals surface area contributed by atoms with E-state index in [9.17, 15) is 18.3 Å². The molecule has 0 amide bonds. The number of nitrogens with zero attached hydrogens (tertiary/aromatic N) is 1. The van der Waals surface area contributed by atoms with Crippen LogP contribution in [0.25, 0.3) is 0 Å². The number of aliphatic hydroxyl groups excluding tert-OH is 1. The molecule has 0 saturated carbocycles. The standard InChI is InChI=1S/C14H14F3NO2/c1-20-11-4-2-9(3-5-11)6-10-7-12(14(15,16)17)13(19)8-18-10/h2-5,8,10,19H,6-7H2,1H3. The molecule has 0 saturated heterocycles. The fourth-order valence-corrected chi connectivity index (χ4v) is 2.07. The smallest absolute Gasteiger partial charge is 0.416 e. The van der Waals surface area contributed by atoms with Crippen LogP contribution in [0.5, 0.6) is 5.75 Å². The van der Waals surface area contributed by atoms with Crippen LogP contribution in [-0.4, -0.2) is 30.6 Å². The highest BCUT2D eigenvalue weighted by Crippen LogP contribution is 2.34. The Morgan fingerprint density at radius 1 is 1.30 bits per heavy atom. The quantitative estimate of drug-likeness (QED) is 0.924. The third-order valence-electron chi connectivity index (χ3n) is 3.13. The molecule has 1 aliphatic heterocycles. The van der Waals surface area contributed by atoms with E-state index in [0.29, 0.717) is 12.2 Å². The molecule has 20 heavy (non-hydrogen) atoms. The fraction of sp³-hybridized carbons (Fsp3) is 0.357. The molecular formula is C14H14F3NO2. The molecule has 6 heteroatoms. The van der Waals surface area contributed by atoms with Crippen LogP contribution in [0.3, 0.4) is 0 Å². The minimum absolute atomic E-state index is 0.308. The topological polar surface area (TPSA) is 41.8 Å². The number of benzene rings is 1. The van der Waals surface area contributed by atoms with Gasteiger partial charge >= 0.3 is 6.18 Å². The summed E-state index contributed by atoms with van der Waals surface area (Å²) in [7, 11) is 1.55. The molecule has 108 valence electrons. The van der Waals surface area contributed by atoms with Gasteiger partial charge in [-0.15, -0.1) is 0 Å². The van der Waals surface area contributed by atoms with E-state index >= 15 is 0 Å². The Balaban J connectivity index is 2.07. The number of dihydropyridines is 1. The van der Waals surface area contributed by atoms with Gasteiger partial charge in [0.2, 0.25) is 0 Å². The molecule has 1 heterocycles. The highest BCUT2D eigenvalue weighted by atomic mass is 19.4. The fourth-order valence-electron chi connectivity index (χ4n) is 2.07. The minimum Gasteiger partial charge on any atom is -0.506 e. The SMILES string of the molecule is COc1ccc(CC2CC(C(F)(F)F)=C(O)C=N2)cc1. The molecule has 1 atom stereocenters. The van der Waals surface area contributed by atoms with Crippen LogP contribution in [0, 0.1) is 0 Å². The van der Waals surface area contributed by atoms with Crippen LogP contribution in [0.1, 0.15) is 12.0 Å². The lowest BCUT2D eigenvalue weighted by Crippen LogP contribution is -2.24. The lowest BCUT2D eigenvalue weighted by Gasteiger charge is -2.21. The third kappa shape index (κ3) is 3.31. The highest BCUT2D eigenvalue weighted by molar-refractivity contribution is 5.78. The maximum Gasteiger partial charge on any atom is 0.416 e. The number of rotatable bonds is 3. The van der Waals surface area contributed by atoms with E-state index in [2.05, 4.69) is 4.99 Å². The summed E-state index contributed by atoms with van der Waals surface area (Å²) < 4.78 is 43.1. The first kappa shape index (κ1) is 14.4. The van der Waals surface area contributed by atoms with Crippen LogP contribution in [0.15, 0.2) is 40.6 Å². The van der Waals surface area contributed by atoms with Gasteiger partial charge in [0.25, 0.3) is 0 Å². The molecule has 0 aliphatic carbocycles. The predicted molar refractivity (Wildman–Crippen MR) is 69.3 cm³/mol. The average Bonchev–Trinajstić information content (AvgIpc) is 2.40. The number of hydrogen-bond donors (Lipinski definition) is 1. The molecule has 0 fully saturated rings. The summed E-state index contributed by atoms with van der Waals surface area (Å²) in [5.41, 5.74) is -0.0399. The van der Waals surface area contributed by atoms with Gasteiger partial charge in [-0.25, -0.2) is 0 Å². The molecule has 1 aromatic rings. The Bertz CT molecular complexity index is 532. The van der Waals surface area contributed by atoms with Gasteiger partial charge < -0.3 is 9.84 Å². The van der Waals surface area contributed by atoms with Crippen molar-refractivity contribution in [2.24, 2.45) is 4.99 Å². The molecule has 0 bridgehead atoms.